The molecule has 0 saturated carbocycles. The topological polar surface area (TPSA) is 72.4 Å². The minimum Gasteiger partial charge on any atom is -0.444 e. The highest BCUT2D eigenvalue weighted by Gasteiger charge is 2.25. The van der Waals surface area contributed by atoms with Crippen LogP contribution in [-0.2, 0) is 17.7 Å². The van der Waals surface area contributed by atoms with E-state index in [1.165, 1.54) is 0 Å². The first kappa shape index (κ1) is 71.6. The molecule has 0 bridgehead atoms. The maximum atomic E-state index is 12.3. The molecule has 1 aliphatic heterocycles. The molecule has 0 radical (unpaired) electrons. The zero-order chi connectivity index (χ0) is 20.1. The number of unbranched alkanes of at least 4 members (excludes halogenated alkanes) is 3. The first-order valence-corrected chi connectivity index (χ1v) is 10.2. The molecule has 0 fully saturated rings. The maximum absolute atomic E-state index is 12.3. The minimum atomic E-state index is -0.459. The quantitative estimate of drug-likeness (QED) is 0.314. The third-order valence-electron chi connectivity index (χ3n) is 4.93. The average molecular weight is 594 g/mol. The van der Waals surface area contributed by atoms with Gasteiger partial charge in [0.05, 0.1) is 5.56 Å². The third-order valence-corrected chi connectivity index (χ3v) is 4.93. The smallest absolute Gasteiger partial charge is 0.407 e. The van der Waals surface area contributed by atoms with Gasteiger partial charge in [-0.05, 0) is 39.7 Å². The van der Waals surface area contributed by atoms with E-state index in [1.807, 2.05) is 39.0 Å². The summed E-state index contributed by atoms with van der Waals surface area (Å²) in [5.41, 5.74) is 2.70. The Morgan fingerprint density at radius 2 is 1.34 bits per heavy atom. The molecule has 2 amide bonds. The minimum absolute atomic E-state index is 0. The molecule has 1 aromatic carbocycles. The second-order valence-electron chi connectivity index (χ2n) is 8.34. The molecular formula is C35H83N3O3. The molecule has 0 spiro atoms. The summed E-state index contributed by atoms with van der Waals surface area (Å²) in [5.74, 6) is 0.0458. The molecule has 1 aromatic heterocycles. The number of amides is 2. The van der Waals surface area contributed by atoms with Crippen LogP contribution in [0, 0.1) is 0 Å². The molecule has 0 atom stereocenters. The lowest BCUT2D eigenvalue weighted by atomic mass is 10.1. The number of hydrogen-bond donors (Lipinski definition) is 2. The number of carbonyl (C=O) groups excluding carboxylic acids is 2. The second kappa shape index (κ2) is 32.0. The van der Waals surface area contributed by atoms with Crippen molar-refractivity contribution in [3.05, 3.63) is 35.5 Å². The monoisotopic (exact) mass is 594 g/mol. The molecule has 2 N–H and O–H groups in total. The summed E-state index contributed by atoms with van der Waals surface area (Å²) in [5, 5.41) is 6.82. The Hall–Kier alpha value is -2.50. The fourth-order valence-electron chi connectivity index (χ4n) is 3.76. The van der Waals surface area contributed by atoms with E-state index < -0.39 is 5.60 Å². The number of nitrogens with zero attached hydrogens (tertiary/aromatic N) is 1. The summed E-state index contributed by atoms with van der Waals surface area (Å²) >= 11 is 0. The van der Waals surface area contributed by atoms with Gasteiger partial charge in [0.2, 0.25) is 0 Å². The van der Waals surface area contributed by atoms with Crippen LogP contribution in [0.5, 0.6) is 0 Å². The van der Waals surface area contributed by atoms with Gasteiger partial charge in [0.25, 0.3) is 5.91 Å². The fourth-order valence-corrected chi connectivity index (χ4v) is 3.76. The molecule has 3 rings (SSSR count). The first-order chi connectivity index (χ1) is 13.4. The number of hydrogen-bond acceptors (Lipinski definition) is 3. The predicted molar refractivity (Wildman–Crippen MR) is 198 cm³/mol. The Morgan fingerprint density at radius 1 is 0.829 bits per heavy atom. The number of benzene rings is 1. The van der Waals surface area contributed by atoms with Crippen molar-refractivity contribution >= 4 is 22.9 Å². The lowest BCUT2D eigenvalue weighted by Gasteiger charge is -2.19. The molecule has 0 saturated heterocycles. The lowest BCUT2D eigenvalue weighted by Crippen LogP contribution is -2.33. The highest BCUT2D eigenvalue weighted by atomic mass is 16.6. The standard InChI is InChI=1S/C22H31N3O3.13CH4/c1-22(2,3)28-21(27)24-13-8-4-5-9-15-25-17-11-7-6-10-16(17)19-18(25)12-14-23-20(19)26;;;;;;;;;;;;;/h6-7,10-11H,4-5,8-9,12-15H2,1-3H3,(H,23,26)(H,24,27);13*1H4. The van der Waals surface area contributed by atoms with E-state index >= 15 is 0 Å². The average Bonchev–Trinajstić information content (AvgIpc) is 2.94. The number of fused-ring (bicyclic) bond motifs is 3. The molecule has 2 aromatic rings. The molecule has 256 valence electrons. The molecular weight excluding hydrogens is 510 g/mol. The highest BCUT2D eigenvalue weighted by molar-refractivity contribution is 6.09. The number of alkyl carbamates (subject to hydrolysis) is 1. The van der Waals surface area contributed by atoms with E-state index in [2.05, 4.69) is 21.3 Å². The van der Waals surface area contributed by atoms with Crippen molar-refractivity contribution < 1.29 is 14.3 Å². The number of carbonyl (C=O) groups is 2. The normalized spacial score (nSPS) is 9.49. The largest absolute Gasteiger partial charge is 0.444 e. The number of ether oxygens (including phenoxy) is 1. The van der Waals surface area contributed by atoms with E-state index in [0.717, 1.165) is 60.8 Å². The summed E-state index contributed by atoms with van der Waals surface area (Å²) in [6, 6.07) is 8.17. The van der Waals surface area contributed by atoms with Gasteiger partial charge in [0.15, 0.2) is 0 Å². The van der Waals surface area contributed by atoms with Crippen LogP contribution in [0.1, 0.15) is 159 Å². The Balaban J connectivity index is -0.0000000769. The van der Waals surface area contributed by atoms with Crippen LogP contribution in [0.25, 0.3) is 10.9 Å². The maximum Gasteiger partial charge on any atom is 0.407 e. The molecule has 6 heteroatoms. The molecule has 2 heterocycles. The predicted octanol–water partition coefficient (Wildman–Crippen LogP) is 12.3. The third kappa shape index (κ3) is 19.3. The van der Waals surface area contributed by atoms with Crippen LogP contribution in [0.15, 0.2) is 24.3 Å². The van der Waals surface area contributed by atoms with Crippen molar-refractivity contribution in [1.82, 2.24) is 15.2 Å². The molecule has 41 heavy (non-hydrogen) atoms. The van der Waals surface area contributed by atoms with Gasteiger partial charge >= 0.3 is 6.09 Å². The van der Waals surface area contributed by atoms with Gasteiger partial charge in [-0.25, -0.2) is 4.79 Å². The van der Waals surface area contributed by atoms with Crippen molar-refractivity contribution in [2.75, 3.05) is 13.1 Å². The number of rotatable bonds is 7. The van der Waals surface area contributed by atoms with E-state index in [4.69, 9.17) is 4.74 Å². The van der Waals surface area contributed by atoms with Crippen molar-refractivity contribution in [2.45, 2.75) is 162 Å². The van der Waals surface area contributed by atoms with Crippen LogP contribution in [0.3, 0.4) is 0 Å². The van der Waals surface area contributed by atoms with Gasteiger partial charge in [-0.1, -0.05) is 128 Å². The zero-order valence-electron chi connectivity index (χ0n) is 17.1. The Kier molecular flexibility index (Phi) is 55.9. The van der Waals surface area contributed by atoms with E-state index in [1.54, 1.807) is 0 Å². The fraction of sp³-hybridized carbons (Fsp3) is 0.714. The number of aryl methyl sites for hydroxylation is 1. The molecule has 6 nitrogen and oxygen atoms in total. The van der Waals surface area contributed by atoms with Gasteiger partial charge in [-0.2, -0.15) is 0 Å². The number of nitrogens with one attached hydrogen (secondary N) is 2. The Labute approximate surface area is 262 Å². The summed E-state index contributed by atoms with van der Waals surface area (Å²) in [4.78, 5) is 24.0. The first-order valence-electron chi connectivity index (χ1n) is 10.2. The summed E-state index contributed by atoms with van der Waals surface area (Å²) in [7, 11) is 0. The lowest BCUT2D eigenvalue weighted by molar-refractivity contribution is 0.0526. The van der Waals surface area contributed by atoms with Crippen LogP contribution in [0.2, 0.25) is 0 Å². The highest BCUT2D eigenvalue weighted by Crippen LogP contribution is 2.29. The summed E-state index contributed by atoms with van der Waals surface area (Å²) < 4.78 is 7.55. The van der Waals surface area contributed by atoms with Crippen LogP contribution < -0.4 is 10.6 Å². The zero-order valence-corrected chi connectivity index (χ0v) is 17.1. The van der Waals surface area contributed by atoms with Gasteiger partial charge in [-0.15, -0.1) is 0 Å². The van der Waals surface area contributed by atoms with Gasteiger partial charge in [0, 0.05) is 42.7 Å². The van der Waals surface area contributed by atoms with Crippen molar-refractivity contribution in [1.29, 1.82) is 0 Å². The Morgan fingerprint density at radius 3 is 1.88 bits per heavy atom. The Bertz CT molecular complexity index is 852. The molecule has 1 aliphatic rings. The summed E-state index contributed by atoms with van der Waals surface area (Å²) in [6.07, 6.45) is 4.67. The van der Waals surface area contributed by atoms with Crippen LogP contribution in [0.4, 0.5) is 4.79 Å². The SMILES string of the molecule is C.C.C.C.C.C.C.C.C.C.C.C.C.CC(C)(C)OC(=O)NCCCCCCn1c2c(c3ccccc31)C(=O)NCC2. The van der Waals surface area contributed by atoms with Crippen molar-refractivity contribution in [3.8, 4) is 0 Å². The van der Waals surface area contributed by atoms with Crippen LogP contribution >= 0.6 is 0 Å². The second-order valence-corrected chi connectivity index (χ2v) is 8.34. The van der Waals surface area contributed by atoms with E-state index in [9.17, 15) is 9.59 Å². The molecule has 0 unspecified atom stereocenters. The van der Waals surface area contributed by atoms with Crippen molar-refractivity contribution in [2.24, 2.45) is 0 Å². The van der Waals surface area contributed by atoms with E-state index in [-0.39, 0.29) is 109 Å². The number of para-hydroxylation sites is 1. The van der Waals surface area contributed by atoms with Crippen molar-refractivity contribution in [3.63, 3.8) is 0 Å². The van der Waals surface area contributed by atoms with Gasteiger partial charge < -0.3 is 19.9 Å². The van der Waals surface area contributed by atoms with E-state index in [0.29, 0.717) is 13.1 Å². The summed E-state index contributed by atoms with van der Waals surface area (Å²) in [6.45, 7) is 7.84. The molecule has 0 aliphatic carbocycles. The van der Waals surface area contributed by atoms with Crippen LogP contribution in [-0.4, -0.2) is 35.3 Å². The van der Waals surface area contributed by atoms with Gasteiger partial charge in [0.1, 0.15) is 5.60 Å². The number of aromatic nitrogens is 1. The van der Waals surface area contributed by atoms with Gasteiger partial charge in [-0.3, -0.25) is 4.79 Å².